The number of nitrogens with one attached hydrogen (secondary N) is 1. The minimum absolute atomic E-state index is 0.420. The number of nitrogens with zero attached hydrogens (tertiary/aromatic N) is 3. The van der Waals surface area contributed by atoms with Crippen molar-refractivity contribution >= 4 is 17.5 Å². The van der Waals surface area contributed by atoms with Crippen LogP contribution in [0.4, 0.5) is 11.5 Å². The number of aryl methyl sites for hydroxylation is 2. The van der Waals surface area contributed by atoms with Gasteiger partial charge in [-0.3, -0.25) is 0 Å². The van der Waals surface area contributed by atoms with E-state index in [9.17, 15) is 0 Å². The van der Waals surface area contributed by atoms with Crippen molar-refractivity contribution in [3.05, 3.63) is 53.2 Å². The topological polar surface area (TPSA) is 66.5 Å². The van der Waals surface area contributed by atoms with Crippen molar-refractivity contribution in [1.82, 2.24) is 4.98 Å². The lowest BCUT2D eigenvalue weighted by Crippen LogP contribution is -2.33. The van der Waals surface area contributed by atoms with Crippen LogP contribution in [-0.4, -0.2) is 24.0 Å². The van der Waals surface area contributed by atoms with Gasteiger partial charge in [0.2, 0.25) is 0 Å². The highest BCUT2D eigenvalue weighted by atomic mass is 15.2. The Morgan fingerprint density at radius 3 is 2.50 bits per heavy atom. The molecular weight excluding hydrogens is 322 g/mol. The van der Waals surface area contributed by atoms with E-state index < -0.39 is 0 Å². The predicted octanol–water partition coefficient (Wildman–Crippen LogP) is 3.86. The van der Waals surface area contributed by atoms with Crippen molar-refractivity contribution in [3.63, 3.8) is 0 Å². The van der Waals surface area contributed by atoms with E-state index in [1.54, 1.807) is 0 Å². The summed E-state index contributed by atoms with van der Waals surface area (Å²) in [6.07, 6.45) is 4.39. The number of hydrogen-bond donors (Lipinski definition) is 2. The van der Waals surface area contributed by atoms with Crippen LogP contribution in [0.1, 0.15) is 36.5 Å². The van der Waals surface area contributed by atoms with Gasteiger partial charge in [0.15, 0.2) is 5.96 Å². The van der Waals surface area contributed by atoms with Crippen LogP contribution in [0.5, 0.6) is 0 Å². The molecule has 2 aromatic rings. The molecule has 0 radical (unpaired) electrons. The molecule has 0 bridgehead atoms. The highest BCUT2D eigenvalue weighted by Gasteiger charge is 2.16. The maximum absolute atomic E-state index is 6.02. The van der Waals surface area contributed by atoms with Gasteiger partial charge in [-0.15, -0.1) is 0 Å². The maximum Gasteiger partial charge on any atom is 0.193 e. The van der Waals surface area contributed by atoms with Crippen molar-refractivity contribution in [1.29, 1.82) is 0 Å². The van der Waals surface area contributed by atoms with E-state index in [0.29, 0.717) is 12.5 Å². The van der Waals surface area contributed by atoms with E-state index in [1.807, 2.05) is 6.20 Å². The number of anilines is 2. The van der Waals surface area contributed by atoms with Crippen molar-refractivity contribution < 1.29 is 0 Å². The number of pyridine rings is 1. The summed E-state index contributed by atoms with van der Waals surface area (Å²) in [6, 6.07) is 10.4. The fourth-order valence-corrected chi connectivity index (χ4v) is 3.35. The zero-order valence-corrected chi connectivity index (χ0v) is 16.0. The van der Waals surface area contributed by atoms with Gasteiger partial charge in [-0.1, -0.05) is 19.1 Å². The number of aromatic nitrogens is 1. The van der Waals surface area contributed by atoms with Gasteiger partial charge in [-0.2, -0.15) is 0 Å². The van der Waals surface area contributed by atoms with Gasteiger partial charge in [0.25, 0.3) is 0 Å². The van der Waals surface area contributed by atoms with Crippen LogP contribution < -0.4 is 16.0 Å². The largest absolute Gasteiger partial charge is 0.370 e. The molecule has 3 rings (SSSR count). The lowest BCUT2D eigenvalue weighted by atomic mass is 9.99. The first-order chi connectivity index (χ1) is 12.5. The minimum atomic E-state index is 0.420. The summed E-state index contributed by atoms with van der Waals surface area (Å²) < 4.78 is 0. The van der Waals surface area contributed by atoms with Gasteiger partial charge in [0, 0.05) is 25.0 Å². The summed E-state index contributed by atoms with van der Waals surface area (Å²) in [6.45, 7) is 9.18. The highest BCUT2D eigenvalue weighted by Crippen LogP contribution is 2.21. The van der Waals surface area contributed by atoms with E-state index in [-0.39, 0.29) is 0 Å². The van der Waals surface area contributed by atoms with Crippen molar-refractivity contribution in [2.45, 2.75) is 40.2 Å². The standard InChI is InChI=1S/C21H29N5/c1-15-6-8-26(9-7-15)20-5-4-18(13-23-20)14-24-21(22)25-19-11-16(2)10-17(3)12-19/h4-5,10-13,15H,6-9,14H2,1-3H3,(H3,22,24,25). The molecule has 0 unspecified atom stereocenters. The van der Waals surface area contributed by atoms with E-state index in [2.05, 4.69) is 71.3 Å². The Kier molecular flexibility index (Phi) is 5.76. The second-order valence-corrected chi connectivity index (χ2v) is 7.40. The molecule has 0 amide bonds. The SMILES string of the molecule is Cc1cc(C)cc(NC(N)=NCc2ccc(N3CCC(C)CC3)nc2)c1. The molecule has 3 N–H and O–H groups in total. The second kappa shape index (κ2) is 8.21. The van der Waals surface area contributed by atoms with Crippen LogP contribution in [0, 0.1) is 19.8 Å². The lowest BCUT2D eigenvalue weighted by molar-refractivity contribution is 0.436. The van der Waals surface area contributed by atoms with E-state index in [4.69, 9.17) is 5.73 Å². The Bertz CT molecular complexity index is 738. The number of hydrogen-bond acceptors (Lipinski definition) is 3. The molecule has 0 aliphatic carbocycles. The van der Waals surface area contributed by atoms with Gasteiger partial charge in [-0.05, 0) is 67.5 Å². The third-order valence-corrected chi connectivity index (χ3v) is 4.84. The van der Waals surface area contributed by atoms with Crippen molar-refractivity contribution in [2.75, 3.05) is 23.3 Å². The minimum Gasteiger partial charge on any atom is -0.370 e. The molecule has 5 nitrogen and oxygen atoms in total. The maximum atomic E-state index is 6.02. The summed E-state index contributed by atoms with van der Waals surface area (Å²) in [5.74, 6) is 2.31. The first-order valence-electron chi connectivity index (χ1n) is 9.35. The molecule has 2 heterocycles. The van der Waals surface area contributed by atoms with Gasteiger partial charge < -0.3 is 16.0 Å². The quantitative estimate of drug-likeness (QED) is 0.648. The average molecular weight is 351 g/mol. The molecule has 1 fully saturated rings. The summed E-state index contributed by atoms with van der Waals surface area (Å²) in [7, 11) is 0. The van der Waals surface area contributed by atoms with Crippen LogP contribution >= 0.6 is 0 Å². The summed E-state index contributed by atoms with van der Waals surface area (Å²) in [5.41, 5.74) is 10.5. The molecule has 0 saturated carbocycles. The number of rotatable bonds is 4. The van der Waals surface area contributed by atoms with E-state index in [0.717, 1.165) is 36.1 Å². The molecule has 1 saturated heterocycles. The zero-order chi connectivity index (χ0) is 18.5. The molecule has 5 heteroatoms. The van der Waals surface area contributed by atoms with Gasteiger partial charge in [0.1, 0.15) is 5.82 Å². The highest BCUT2D eigenvalue weighted by molar-refractivity contribution is 5.92. The molecule has 1 aromatic heterocycles. The van der Waals surface area contributed by atoms with Crippen molar-refractivity contribution in [3.8, 4) is 0 Å². The number of benzene rings is 1. The molecule has 1 aliphatic heterocycles. The number of aliphatic imine (C=N–C) groups is 1. The first-order valence-corrected chi connectivity index (χ1v) is 9.35. The first kappa shape index (κ1) is 18.2. The second-order valence-electron chi connectivity index (χ2n) is 7.40. The van der Waals surface area contributed by atoms with Crippen LogP contribution in [0.2, 0.25) is 0 Å². The zero-order valence-electron chi connectivity index (χ0n) is 16.0. The van der Waals surface area contributed by atoms with E-state index >= 15 is 0 Å². The molecule has 0 atom stereocenters. The van der Waals surface area contributed by atoms with Crippen LogP contribution in [0.3, 0.4) is 0 Å². The normalized spacial score (nSPS) is 16.0. The molecular formula is C21H29N5. The van der Waals surface area contributed by atoms with Crippen LogP contribution in [0.15, 0.2) is 41.5 Å². The summed E-state index contributed by atoms with van der Waals surface area (Å²) in [4.78, 5) is 11.4. The Balaban J connectivity index is 1.57. The van der Waals surface area contributed by atoms with Gasteiger partial charge in [0.05, 0.1) is 6.54 Å². The van der Waals surface area contributed by atoms with Crippen LogP contribution in [0.25, 0.3) is 0 Å². The summed E-state index contributed by atoms with van der Waals surface area (Å²) >= 11 is 0. The lowest BCUT2D eigenvalue weighted by Gasteiger charge is -2.31. The average Bonchev–Trinajstić information content (AvgIpc) is 2.60. The molecule has 138 valence electrons. The fourth-order valence-electron chi connectivity index (χ4n) is 3.35. The smallest absolute Gasteiger partial charge is 0.193 e. The molecule has 26 heavy (non-hydrogen) atoms. The Labute approximate surface area is 156 Å². The van der Waals surface area contributed by atoms with Crippen LogP contribution in [-0.2, 0) is 6.54 Å². The number of guanidine groups is 1. The van der Waals surface area contributed by atoms with Gasteiger partial charge >= 0.3 is 0 Å². The summed E-state index contributed by atoms with van der Waals surface area (Å²) in [5, 5.41) is 3.16. The number of piperidine rings is 1. The Morgan fingerprint density at radius 2 is 1.88 bits per heavy atom. The predicted molar refractivity (Wildman–Crippen MR) is 110 cm³/mol. The van der Waals surface area contributed by atoms with E-state index in [1.165, 1.54) is 24.0 Å². The third-order valence-electron chi connectivity index (χ3n) is 4.84. The molecule has 0 spiro atoms. The van der Waals surface area contributed by atoms with Gasteiger partial charge in [-0.25, -0.2) is 9.98 Å². The Hall–Kier alpha value is -2.56. The monoisotopic (exact) mass is 351 g/mol. The Morgan fingerprint density at radius 1 is 1.19 bits per heavy atom. The third kappa shape index (κ3) is 4.97. The molecule has 1 aromatic carbocycles. The molecule has 1 aliphatic rings. The van der Waals surface area contributed by atoms with Crippen molar-refractivity contribution in [2.24, 2.45) is 16.6 Å². The number of nitrogens with two attached hydrogens (primary N) is 1. The fraction of sp³-hybridized carbons (Fsp3) is 0.429.